The van der Waals surface area contributed by atoms with Gasteiger partial charge in [-0.15, -0.1) is 0 Å². The van der Waals surface area contributed by atoms with E-state index in [1.807, 2.05) is 0 Å². The van der Waals surface area contributed by atoms with Gasteiger partial charge >= 0.3 is 5.97 Å². The molecule has 0 aromatic carbocycles. The summed E-state index contributed by atoms with van der Waals surface area (Å²) >= 11 is 0. The monoisotopic (exact) mass is 282 g/mol. The van der Waals surface area contributed by atoms with Gasteiger partial charge in [0.15, 0.2) is 0 Å². The zero-order valence-electron chi connectivity index (χ0n) is 14.1. The molecule has 0 aliphatic carbocycles. The molecule has 20 heavy (non-hydrogen) atoms. The zero-order chi connectivity index (χ0) is 15.4. The Bertz CT molecular complexity index is 275. The van der Waals surface area contributed by atoms with Crippen molar-refractivity contribution in [3.63, 3.8) is 0 Å². The van der Waals surface area contributed by atoms with Crippen molar-refractivity contribution in [2.75, 3.05) is 0 Å². The Kier molecular flexibility index (Phi) is 10.5. The Morgan fingerprint density at radius 1 is 0.900 bits per heavy atom. The van der Waals surface area contributed by atoms with Crippen LogP contribution in [0.1, 0.15) is 91.9 Å². The minimum Gasteiger partial charge on any atom is -0.456 e. The van der Waals surface area contributed by atoms with Gasteiger partial charge in [0, 0.05) is 5.57 Å². The predicted molar refractivity (Wildman–Crippen MR) is 86.8 cm³/mol. The van der Waals surface area contributed by atoms with E-state index in [0.717, 1.165) is 38.5 Å². The number of ether oxygens (including phenoxy) is 1. The van der Waals surface area contributed by atoms with Crippen LogP contribution in [0.25, 0.3) is 0 Å². The van der Waals surface area contributed by atoms with Gasteiger partial charge in [0.2, 0.25) is 0 Å². The topological polar surface area (TPSA) is 26.3 Å². The van der Waals surface area contributed by atoms with Crippen LogP contribution in [-0.2, 0) is 9.53 Å². The third-order valence-electron chi connectivity index (χ3n) is 3.80. The normalized spacial score (nSPS) is 11.4. The molecule has 0 saturated carbocycles. The molecule has 0 aromatic rings. The lowest BCUT2D eigenvalue weighted by Crippen LogP contribution is -2.35. The Labute approximate surface area is 126 Å². The van der Waals surface area contributed by atoms with Gasteiger partial charge in [0.05, 0.1) is 0 Å². The Balaban J connectivity index is 4.56. The van der Waals surface area contributed by atoms with E-state index in [1.165, 1.54) is 25.7 Å². The quantitative estimate of drug-likeness (QED) is 0.257. The summed E-state index contributed by atoms with van der Waals surface area (Å²) in [6, 6.07) is 0. The van der Waals surface area contributed by atoms with E-state index < -0.39 is 0 Å². The second kappa shape index (κ2) is 10.9. The number of carbonyl (C=O) groups excluding carboxylic acids is 1. The molecule has 0 amide bonds. The van der Waals surface area contributed by atoms with Gasteiger partial charge in [0.1, 0.15) is 5.60 Å². The molecule has 2 heteroatoms. The molecule has 0 aliphatic rings. The van der Waals surface area contributed by atoms with Crippen molar-refractivity contribution in [2.24, 2.45) is 0 Å². The van der Waals surface area contributed by atoms with Crippen LogP contribution in [0.15, 0.2) is 12.2 Å². The van der Waals surface area contributed by atoms with Gasteiger partial charge in [0.25, 0.3) is 0 Å². The van der Waals surface area contributed by atoms with Crippen LogP contribution >= 0.6 is 0 Å². The smallest absolute Gasteiger partial charge is 0.333 e. The second-order valence-corrected chi connectivity index (χ2v) is 6.02. The lowest BCUT2D eigenvalue weighted by molar-refractivity contribution is -0.157. The fraction of sp³-hybridized carbons (Fsp3) is 0.833. The summed E-state index contributed by atoms with van der Waals surface area (Å²) in [6.07, 6.45) is 11.3. The van der Waals surface area contributed by atoms with E-state index in [2.05, 4.69) is 27.4 Å². The molecule has 0 aliphatic heterocycles. The summed E-state index contributed by atoms with van der Waals surface area (Å²) in [5.74, 6) is -0.222. The third-order valence-corrected chi connectivity index (χ3v) is 3.80. The van der Waals surface area contributed by atoms with Crippen LogP contribution in [0, 0.1) is 0 Å². The molecule has 0 rings (SSSR count). The summed E-state index contributed by atoms with van der Waals surface area (Å²) in [5, 5.41) is 0. The first-order valence-electron chi connectivity index (χ1n) is 8.40. The highest BCUT2D eigenvalue weighted by atomic mass is 16.6. The largest absolute Gasteiger partial charge is 0.456 e. The van der Waals surface area contributed by atoms with E-state index >= 15 is 0 Å². The first-order chi connectivity index (χ1) is 9.51. The summed E-state index contributed by atoms with van der Waals surface area (Å²) in [6.45, 7) is 12.0. The highest BCUT2D eigenvalue weighted by Gasteiger charge is 2.32. The van der Waals surface area contributed by atoms with Gasteiger partial charge in [-0.1, -0.05) is 65.9 Å². The van der Waals surface area contributed by atoms with Crippen LogP contribution in [0.2, 0.25) is 0 Å². The van der Waals surface area contributed by atoms with Crippen molar-refractivity contribution in [1.29, 1.82) is 0 Å². The van der Waals surface area contributed by atoms with Crippen molar-refractivity contribution >= 4 is 5.97 Å². The molecular formula is C18H34O2. The summed E-state index contributed by atoms with van der Waals surface area (Å²) < 4.78 is 5.85. The first kappa shape index (κ1) is 19.2. The minimum atomic E-state index is -0.258. The molecule has 0 spiro atoms. The van der Waals surface area contributed by atoms with Gasteiger partial charge in [-0.25, -0.2) is 4.79 Å². The molecular weight excluding hydrogens is 248 g/mol. The predicted octanol–water partition coefficient (Wildman–Crippen LogP) is 5.81. The van der Waals surface area contributed by atoms with Gasteiger partial charge in [-0.05, 0) is 32.6 Å². The fourth-order valence-corrected chi connectivity index (χ4v) is 2.77. The van der Waals surface area contributed by atoms with E-state index in [9.17, 15) is 4.79 Å². The van der Waals surface area contributed by atoms with E-state index in [0.29, 0.717) is 5.57 Å². The average Bonchev–Trinajstić information content (AvgIpc) is 2.39. The molecule has 0 heterocycles. The number of rotatable bonds is 12. The SMILES string of the molecule is C=C(C)C(=O)OC(CCC)(CCC)CCCCCCC. The molecule has 0 radical (unpaired) electrons. The molecule has 0 saturated heterocycles. The van der Waals surface area contributed by atoms with Gasteiger partial charge in [-0.2, -0.15) is 0 Å². The fourth-order valence-electron chi connectivity index (χ4n) is 2.77. The van der Waals surface area contributed by atoms with Crippen LogP contribution in [0.4, 0.5) is 0 Å². The molecule has 0 fully saturated rings. The maximum atomic E-state index is 11.9. The highest BCUT2D eigenvalue weighted by Crippen LogP contribution is 2.31. The average molecular weight is 282 g/mol. The van der Waals surface area contributed by atoms with Crippen LogP contribution in [0.5, 0.6) is 0 Å². The van der Waals surface area contributed by atoms with Crippen LogP contribution in [-0.4, -0.2) is 11.6 Å². The molecule has 118 valence electrons. The maximum absolute atomic E-state index is 11.9. The van der Waals surface area contributed by atoms with Gasteiger partial charge < -0.3 is 4.74 Å². The summed E-state index contributed by atoms with van der Waals surface area (Å²) in [7, 11) is 0. The highest BCUT2D eigenvalue weighted by molar-refractivity contribution is 5.87. The number of unbranched alkanes of at least 4 members (excludes halogenated alkanes) is 4. The van der Waals surface area contributed by atoms with Crippen LogP contribution in [0.3, 0.4) is 0 Å². The first-order valence-corrected chi connectivity index (χ1v) is 8.40. The van der Waals surface area contributed by atoms with Crippen molar-refractivity contribution in [1.82, 2.24) is 0 Å². The Morgan fingerprint density at radius 3 is 1.90 bits per heavy atom. The second-order valence-electron chi connectivity index (χ2n) is 6.02. The van der Waals surface area contributed by atoms with Crippen molar-refractivity contribution in [2.45, 2.75) is 97.5 Å². The molecule has 2 nitrogen and oxygen atoms in total. The standard InChI is InChI=1S/C18H34O2/c1-6-9-10-11-12-15-18(13-7-2,14-8-3)20-17(19)16(4)5/h4,6-15H2,1-3,5H3. The maximum Gasteiger partial charge on any atom is 0.333 e. The van der Waals surface area contributed by atoms with Crippen molar-refractivity contribution < 1.29 is 9.53 Å². The third kappa shape index (κ3) is 7.72. The Morgan fingerprint density at radius 2 is 1.45 bits per heavy atom. The minimum absolute atomic E-state index is 0.222. The molecule has 0 aromatic heterocycles. The van der Waals surface area contributed by atoms with E-state index in [1.54, 1.807) is 6.92 Å². The van der Waals surface area contributed by atoms with E-state index in [4.69, 9.17) is 4.74 Å². The van der Waals surface area contributed by atoms with Crippen LogP contribution < -0.4 is 0 Å². The lowest BCUT2D eigenvalue weighted by Gasteiger charge is -2.33. The molecule has 0 bridgehead atoms. The number of hydrogen-bond donors (Lipinski definition) is 0. The Hall–Kier alpha value is -0.790. The van der Waals surface area contributed by atoms with E-state index in [-0.39, 0.29) is 11.6 Å². The molecule has 0 atom stereocenters. The van der Waals surface area contributed by atoms with Crippen molar-refractivity contribution in [3.8, 4) is 0 Å². The summed E-state index contributed by atoms with van der Waals surface area (Å²) in [4.78, 5) is 11.9. The number of esters is 1. The molecule has 0 unspecified atom stereocenters. The molecule has 0 N–H and O–H groups in total. The number of carbonyl (C=O) groups is 1. The van der Waals surface area contributed by atoms with Gasteiger partial charge in [-0.3, -0.25) is 0 Å². The number of hydrogen-bond acceptors (Lipinski definition) is 2. The lowest BCUT2D eigenvalue weighted by atomic mass is 9.86. The zero-order valence-corrected chi connectivity index (χ0v) is 14.1. The summed E-state index contributed by atoms with van der Waals surface area (Å²) in [5.41, 5.74) is 0.249. The van der Waals surface area contributed by atoms with Crippen molar-refractivity contribution in [3.05, 3.63) is 12.2 Å².